The molecule has 2 aliphatic rings. The molecule has 1 N–H and O–H groups in total. The smallest absolute Gasteiger partial charge is 0.282 e. The molecule has 0 spiro atoms. The molecule has 1 heterocycles. The van der Waals surface area contributed by atoms with E-state index in [4.69, 9.17) is 16.0 Å². The lowest BCUT2D eigenvalue weighted by molar-refractivity contribution is -0.0357. The van der Waals surface area contributed by atoms with Crippen LogP contribution >= 0.6 is 18.1 Å². The van der Waals surface area contributed by atoms with Gasteiger partial charge in [0.1, 0.15) is 11.2 Å². The van der Waals surface area contributed by atoms with Crippen LogP contribution in [0.25, 0.3) is 0 Å². The molecule has 2 fully saturated rings. The van der Waals surface area contributed by atoms with Gasteiger partial charge in [-0.05, 0) is 31.6 Å². The predicted octanol–water partition coefficient (Wildman–Crippen LogP) is 4.95. The van der Waals surface area contributed by atoms with Gasteiger partial charge in [-0.3, -0.25) is 0 Å². The van der Waals surface area contributed by atoms with Crippen LogP contribution in [0, 0.1) is 5.92 Å². The van der Waals surface area contributed by atoms with Gasteiger partial charge in [-0.2, -0.15) is 0 Å². The first-order valence-corrected chi connectivity index (χ1v) is 10.3. The molecule has 0 aromatic heterocycles. The summed E-state index contributed by atoms with van der Waals surface area (Å²) < 4.78 is 6.17. The lowest BCUT2D eigenvalue weighted by Gasteiger charge is -2.29. The summed E-state index contributed by atoms with van der Waals surface area (Å²) in [5, 5.41) is -0.338. The molecule has 4 heteroatoms. The first-order chi connectivity index (χ1) is 8.53. The highest BCUT2D eigenvalue weighted by Gasteiger charge is 2.79. The van der Waals surface area contributed by atoms with E-state index >= 15 is 0 Å². The Hall–Kier alpha value is 0.640. The Morgan fingerprint density at radius 3 is 2.33 bits per heavy atom. The molecule has 106 valence electrons. The molecule has 2 unspecified atom stereocenters. The Morgan fingerprint density at radius 1 is 1.28 bits per heavy atom. The third-order valence-corrected chi connectivity index (χ3v) is 8.34. The van der Waals surface area contributed by atoms with Gasteiger partial charge < -0.3 is 4.74 Å². The molecule has 0 aromatic carbocycles. The van der Waals surface area contributed by atoms with Crippen molar-refractivity contribution in [2.75, 3.05) is 6.16 Å². The van der Waals surface area contributed by atoms with Crippen LogP contribution in [0.1, 0.15) is 65.2 Å². The first kappa shape index (κ1) is 15.0. The molecular formula is C14H27ClO2P+. The van der Waals surface area contributed by atoms with E-state index in [-0.39, 0.29) is 5.34 Å². The van der Waals surface area contributed by atoms with Crippen LogP contribution in [0.5, 0.6) is 0 Å². The summed E-state index contributed by atoms with van der Waals surface area (Å²) in [6.45, 7) is 2.11. The van der Waals surface area contributed by atoms with Crippen LogP contribution in [-0.2, 0) is 4.74 Å². The van der Waals surface area contributed by atoms with E-state index in [0.717, 1.165) is 25.2 Å². The molecular weight excluding hydrogens is 267 g/mol. The van der Waals surface area contributed by atoms with Crippen molar-refractivity contribution in [1.29, 1.82) is 0 Å². The van der Waals surface area contributed by atoms with E-state index in [9.17, 15) is 4.89 Å². The fourth-order valence-corrected chi connectivity index (χ4v) is 6.58. The fraction of sp³-hybridized carbons (Fsp3) is 1.00. The summed E-state index contributed by atoms with van der Waals surface area (Å²) in [7, 11) is 0. The minimum atomic E-state index is -2.23. The molecule has 1 saturated carbocycles. The van der Waals surface area contributed by atoms with Crippen molar-refractivity contribution in [3.05, 3.63) is 0 Å². The zero-order valence-electron chi connectivity index (χ0n) is 11.7. The maximum Gasteiger partial charge on any atom is 0.282 e. The first-order valence-electron chi connectivity index (χ1n) is 7.51. The molecule has 2 rings (SSSR count). The number of hydrogen-bond donors (Lipinski definition) is 1. The fourth-order valence-electron chi connectivity index (χ4n) is 3.19. The normalized spacial score (nSPS) is 44.0. The van der Waals surface area contributed by atoms with E-state index in [1.807, 2.05) is 0 Å². The average molecular weight is 294 g/mol. The van der Waals surface area contributed by atoms with Crippen LogP contribution in [0.15, 0.2) is 0 Å². The number of unbranched alkanes of at least 4 members (excludes halogenated alkanes) is 1. The van der Waals surface area contributed by atoms with E-state index < -0.39 is 6.84 Å². The van der Waals surface area contributed by atoms with Gasteiger partial charge in [-0.15, -0.1) is 0 Å². The van der Waals surface area contributed by atoms with Crippen molar-refractivity contribution in [1.82, 2.24) is 0 Å². The zero-order chi connectivity index (χ0) is 13.2. The molecule has 0 aromatic rings. The van der Waals surface area contributed by atoms with E-state index in [0.29, 0.717) is 12.3 Å². The quantitative estimate of drug-likeness (QED) is 0.702. The van der Waals surface area contributed by atoms with Gasteiger partial charge >= 0.3 is 0 Å². The van der Waals surface area contributed by atoms with Gasteiger partial charge in [-0.1, -0.05) is 33.1 Å². The van der Waals surface area contributed by atoms with E-state index in [2.05, 4.69) is 13.8 Å². The van der Waals surface area contributed by atoms with E-state index in [1.54, 1.807) is 0 Å². The molecule has 1 aliphatic carbocycles. The Bertz CT molecular complexity index is 277. The van der Waals surface area contributed by atoms with Crippen molar-refractivity contribution in [3.63, 3.8) is 0 Å². The summed E-state index contributed by atoms with van der Waals surface area (Å²) in [5.74, 6) is 0.909. The van der Waals surface area contributed by atoms with Crippen LogP contribution in [0.2, 0.25) is 0 Å². The van der Waals surface area contributed by atoms with Gasteiger partial charge in [0.2, 0.25) is 0 Å². The van der Waals surface area contributed by atoms with Gasteiger partial charge in [0.15, 0.2) is 6.16 Å². The van der Waals surface area contributed by atoms with E-state index in [1.165, 1.54) is 32.1 Å². The lowest BCUT2D eigenvalue weighted by atomic mass is 9.84. The van der Waals surface area contributed by atoms with Crippen molar-refractivity contribution in [2.24, 2.45) is 5.92 Å². The van der Waals surface area contributed by atoms with Gasteiger partial charge in [0.05, 0.1) is 6.10 Å². The van der Waals surface area contributed by atoms with Crippen LogP contribution in [0.4, 0.5) is 0 Å². The van der Waals surface area contributed by atoms with Crippen molar-refractivity contribution in [3.8, 4) is 0 Å². The Kier molecular flexibility index (Phi) is 4.97. The monoisotopic (exact) mass is 293 g/mol. The summed E-state index contributed by atoms with van der Waals surface area (Å²) in [4.78, 5) is 9.99. The molecule has 1 saturated heterocycles. The highest BCUT2D eigenvalue weighted by atomic mass is 35.7. The van der Waals surface area contributed by atoms with Crippen molar-refractivity contribution < 1.29 is 9.63 Å². The third-order valence-electron chi connectivity index (χ3n) is 4.68. The third kappa shape index (κ3) is 3.20. The maximum atomic E-state index is 9.99. The van der Waals surface area contributed by atoms with Gasteiger partial charge in [0.25, 0.3) is 12.2 Å². The number of rotatable bonds is 6. The molecule has 2 atom stereocenters. The predicted molar refractivity (Wildman–Crippen MR) is 79.2 cm³/mol. The van der Waals surface area contributed by atoms with Crippen LogP contribution < -0.4 is 0 Å². The zero-order valence-corrected chi connectivity index (χ0v) is 13.3. The van der Waals surface area contributed by atoms with Gasteiger partial charge in [-0.25, -0.2) is 4.89 Å². The summed E-state index contributed by atoms with van der Waals surface area (Å²) in [6, 6.07) is 0. The van der Waals surface area contributed by atoms with Gasteiger partial charge in [0, 0.05) is 6.42 Å². The highest BCUT2D eigenvalue weighted by Crippen LogP contribution is 2.88. The molecule has 0 radical (unpaired) electrons. The molecule has 0 bridgehead atoms. The molecule has 18 heavy (non-hydrogen) atoms. The average Bonchev–Trinajstić information content (AvgIpc) is 2.90. The Morgan fingerprint density at radius 2 is 1.89 bits per heavy atom. The van der Waals surface area contributed by atoms with Crippen molar-refractivity contribution >= 4 is 18.1 Å². The number of ether oxygens (including phenoxy) is 1. The lowest BCUT2D eigenvalue weighted by Crippen LogP contribution is -2.28. The summed E-state index contributed by atoms with van der Waals surface area (Å²) >= 11 is 6.12. The second-order valence-electron chi connectivity index (χ2n) is 6.04. The highest BCUT2D eigenvalue weighted by molar-refractivity contribution is 8.01. The number of hydrogen-bond acceptors (Lipinski definition) is 2. The standard InChI is InChI=1S/C14H27ClO2P/c1-3-5-6-12-7-9-13(10-8-12)17-14(4-2)11-18(14,15)16/h12-13,16H,3-11H2,1-2H3/q+1. The topological polar surface area (TPSA) is 29.5 Å². The molecule has 2 nitrogen and oxygen atoms in total. The summed E-state index contributed by atoms with van der Waals surface area (Å²) in [5.41, 5.74) is 0. The maximum absolute atomic E-state index is 9.99. The SMILES string of the molecule is CCCCC1CCC(OC2(CC)C[P+]2(O)Cl)CC1. The molecule has 0 amide bonds. The Labute approximate surface area is 117 Å². The summed E-state index contributed by atoms with van der Waals surface area (Å²) in [6.07, 6.45) is 10.9. The van der Waals surface area contributed by atoms with Crippen molar-refractivity contribution in [2.45, 2.75) is 76.7 Å². The second kappa shape index (κ2) is 5.95. The largest absolute Gasteiger partial charge is 0.332 e. The number of halogens is 1. The van der Waals surface area contributed by atoms with Crippen LogP contribution in [0.3, 0.4) is 0 Å². The molecule has 1 aliphatic heterocycles. The Balaban J connectivity index is 1.74. The minimum Gasteiger partial charge on any atom is -0.332 e. The van der Waals surface area contributed by atoms with Crippen LogP contribution in [-0.4, -0.2) is 22.5 Å². The minimum absolute atomic E-state index is 0.338. The second-order valence-corrected chi connectivity index (χ2v) is 10.2.